The van der Waals surface area contributed by atoms with E-state index in [4.69, 9.17) is 16.7 Å². The van der Waals surface area contributed by atoms with Crippen LogP contribution in [0, 0.1) is 0 Å². The van der Waals surface area contributed by atoms with E-state index in [1.54, 1.807) is 18.3 Å². The summed E-state index contributed by atoms with van der Waals surface area (Å²) >= 11 is 5.72. The molecule has 1 aromatic rings. The molecule has 0 amide bonds. The van der Waals surface area contributed by atoms with Gasteiger partial charge in [0.05, 0.1) is 11.6 Å². The molecule has 0 fully saturated rings. The molecule has 1 N–H and O–H groups in total. The molecule has 76 valence electrons. The van der Waals surface area contributed by atoms with E-state index in [-0.39, 0.29) is 6.61 Å². The fourth-order valence-corrected chi connectivity index (χ4v) is 1.24. The number of aromatic nitrogens is 1. The highest BCUT2D eigenvalue weighted by molar-refractivity contribution is 6.30. The second kappa shape index (κ2) is 5.62. The molecule has 0 aliphatic heterocycles. The fourth-order valence-electron chi connectivity index (χ4n) is 1.13. The van der Waals surface area contributed by atoms with Crippen molar-refractivity contribution in [2.75, 3.05) is 24.6 Å². The number of nitrogens with zero attached hydrogens (tertiary/aromatic N) is 2. The molecule has 0 atom stereocenters. The molecule has 0 saturated carbocycles. The van der Waals surface area contributed by atoms with Crippen molar-refractivity contribution in [3.8, 4) is 0 Å². The molecule has 0 spiro atoms. The zero-order valence-electron chi connectivity index (χ0n) is 7.86. The molecule has 0 aliphatic rings. The van der Waals surface area contributed by atoms with Crippen LogP contribution in [0.1, 0.15) is 0 Å². The Labute approximate surface area is 88.6 Å². The Balaban J connectivity index is 2.76. The topological polar surface area (TPSA) is 36.4 Å². The van der Waals surface area contributed by atoms with Gasteiger partial charge in [-0.2, -0.15) is 0 Å². The third kappa shape index (κ3) is 3.01. The van der Waals surface area contributed by atoms with Gasteiger partial charge in [0.1, 0.15) is 5.82 Å². The fraction of sp³-hybridized carbons (Fsp3) is 0.300. The van der Waals surface area contributed by atoms with Crippen molar-refractivity contribution in [3.05, 3.63) is 36.0 Å². The maximum Gasteiger partial charge on any atom is 0.128 e. The van der Waals surface area contributed by atoms with Gasteiger partial charge in [-0.1, -0.05) is 17.7 Å². The molecular formula is C10H13ClN2O. The summed E-state index contributed by atoms with van der Waals surface area (Å²) in [5.74, 6) is 0.795. The minimum Gasteiger partial charge on any atom is -0.395 e. The largest absolute Gasteiger partial charge is 0.395 e. The Bertz CT molecular complexity index is 287. The first-order valence-electron chi connectivity index (χ1n) is 4.36. The summed E-state index contributed by atoms with van der Waals surface area (Å²) < 4.78 is 0. The van der Waals surface area contributed by atoms with Crippen LogP contribution < -0.4 is 4.90 Å². The van der Waals surface area contributed by atoms with E-state index in [0.29, 0.717) is 18.1 Å². The van der Waals surface area contributed by atoms with E-state index in [9.17, 15) is 0 Å². The minimum absolute atomic E-state index is 0.0954. The lowest BCUT2D eigenvalue weighted by Crippen LogP contribution is -2.27. The number of aliphatic hydroxyl groups excluding tert-OH is 1. The third-order valence-electron chi connectivity index (χ3n) is 1.76. The highest BCUT2D eigenvalue weighted by atomic mass is 35.5. The maximum atomic E-state index is 8.85. The number of aliphatic hydroxyl groups is 1. The Morgan fingerprint density at radius 1 is 1.57 bits per heavy atom. The third-order valence-corrected chi connectivity index (χ3v) is 1.98. The van der Waals surface area contributed by atoms with Crippen molar-refractivity contribution in [2.24, 2.45) is 0 Å². The van der Waals surface area contributed by atoms with Gasteiger partial charge in [0.15, 0.2) is 0 Å². The number of halogens is 1. The monoisotopic (exact) mass is 212 g/mol. The van der Waals surface area contributed by atoms with Crippen LogP contribution in [0.15, 0.2) is 31.0 Å². The zero-order chi connectivity index (χ0) is 10.4. The molecule has 0 unspecified atom stereocenters. The van der Waals surface area contributed by atoms with Crippen molar-refractivity contribution in [1.82, 2.24) is 4.98 Å². The molecular weight excluding hydrogens is 200 g/mol. The van der Waals surface area contributed by atoms with Gasteiger partial charge in [0, 0.05) is 19.3 Å². The molecule has 3 nitrogen and oxygen atoms in total. The van der Waals surface area contributed by atoms with Crippen LogP contribution in [0.25, 0.3) is 0 Å². The first-order chi connectivity index (χ1) is 6.77. The molecule has 0 aliphatic carbocycles. The maximum absolute atomic E-state index is 8.85. The SMILES string of the molecule is C=CCN(CCO)c1ccc(Cl)cn1. The van der Waals surface area contributed by atoms with Crippen molar-refractivity contribution in [3.63, 3.8) is 0 Å². The summed E-state index contributed by atoms with van der Waals surface area (Å²) in [5.41, 5.74) is 0. The van der Waals surface area contributed by atoms with Crippen LogP contribution in [0.5, 0.6) is 0 Å². The normalized spacial score (nSPS) is 9.86. The van der Waals surface area contributed by atoms with Gasteiger partial charge < -0.3 is 10.0 Å². The van der Waals surface area contributed by atoms with Crippen molar-refractivity contribution < 1.29 is 5.11 Å². The van der Waals surface area contributed by atoms with Gasteiger partial charge in [-0.3, -0.25) is 0 Å². The molecule has 1 heterocycles. The van der Waals surface area contributed by atoms with Gasteiger partial charge in [-0.05, 0) is 12.1 Å². The van der Waals surface area contributed by atoms with Crippen LogP contribution in [0.4, 0.5) is 5.82 Å². The quantitative estimate of drug-likeness (QED) is 0.756. The van der Waals surface area contributed by atoms with Gasteiger partial charge in [0.25, 0.3) is 0 Å². The molecule has 1 aromatic heterocycles. The Morgan fingerprint density at radius 3 is 2.86 bits per heavy atom. The molecule has 0 bridgehead atoms. The van der Waals surface area contributed by atoms with Crippen LogP contribution in [-0.4, -0.2) is 29.8 Å². The van der Waals surface area contributed by atoms with Gasteiger partial charge >= 0.3 is 0 Å². The highest BCUT2D eigenvalue weighted by Crippen LogP contribution is 2.13. The molecule has 14 heavy (non-hydrogen) atoms. The number of anilines is 1. The Morgan fingerprint density at radius 2 is 2.36 bits per heavy atom. The highest BCUT2D eigenvalue weighted by Gasteiger charge is 2.04. The molecule has 0 radical (unpaired) electrons. The predicted octanol–water partition coefficient (Wildman–Crippen LogP) is 1.72. The lowest BCUT2D eigenvalue weighted by atomic mass is 10.4. The van der Waals surface area contributed by atoms with Crippen LogP contribution in [0.2, 0.25) is 5.02 Å². The van der Waals surface area contributed by atoms with Crippen LogP contribution in [0.3, 0.4) is 0 Å². The summed E-state index contributed by atoms with van der Waals surface area (Å²) in [6, 6.07) is 3.60. The first kappa shape index (κ1) is 11.0. The van der Waals surface area contributed by atoms with Crippen molar-refractivity contribution in [2.45, 2.75) is 0 Å². The number of rotatable bonds is 5. The molecule has 0 saturated heterocycles. The zero-order valence-corrected chi connectivity index (χ0v) is 8.61. The van der Waals surface area contributed by atoms with E-state index < -0.39 is 0 Å². The Kier molecular flexibility index (Phi) is 4.43. The van der Waals surface area contributed by atoms with E-state index in [2.05, 4.69) is 11.6 Å². The second-order valence-corrected chi connectivity index (χ2v) is 3.23. The summed E-state index contributed by atoms with van der Waals surface area (Å²) in [6.07, 6.45) is 3.36. The molecule has 0 aromatic carbocycles. The van der Waals surface area contributed by atoms with Crippen molar-refractivity contribution >= 4 is 17.4 Å². The second-order valence-electron chi connectivity index (χ2n) is 2.79. The number of hydrogen-bond donors (Lipinski definition) is 1. The lowest BCUT2D eigenvalue weighted by molar-refractivity contribution is 0.302. The average Bonchev–Trinajstić information content (AvgIpc) is 2.19. The summed E-state index contributed by atoms with van der Waals surface area (Å²) in [5, 5.41) is 9.46. The van der Waals surface area contributed by atoms with Crippen LogP contribution >= 0.6 is 11.6 Å². The number of hydrogen-bond acceptors (Lipinski definition) is 3. The smallest absolute Gasteiger partial charge is 0.128 e. The molecule has 1 rings (SSSR count). The van der Waals surface area contributed by atoms with Crippen molar-refractivity contribution in [1.29, 1.82) is 0 Å². The van der Waals surface area contributed by atoms with Gasteiger partial charge in [0.2, 0.25) is 0 Å². The predicted molar refractivity (Wildman–Crippen MR) is 58.7 cm³/mol. The first-order valence-corrected chi connectivity index (χ1v) is 4.74. The van der Waals surface area contributed by atoms with E-state index >= 15 is 0 Å². The average molecular weight is 213 g/mol. The van der Waals surface area contributed by atoms with E-state index in [1.807, 2.05) is 11.0 Å². The summed E-state index contributed by atoms with van der Waals surface area (Å²) in [6.45, 7) is 4.95. The van der Waals surface area contributed by atoms with Gasteiger partial charge in [-0.25, -0.2) is 4.98 Å². The lowest BCUT2D eigenvalue weighted by Gasteiger charge is -2.20. The Hall–Kier alpha value is -1.06. The molecule has 4 heteroatoms. The van der Waals surface area contributed by atoms with E-state index in [1.165, 1.54) is 0 Å². The summed E-state index contributed by atoms with van der Waals surface area (Å²) in [4.78, 5) is 6.07. The minimum atomic E-state index is 0.0954. The van der Waals surface area contributed by atoms with Gasteiger partial charge in [-0.15, -0.1) is 6.58 Å². The standard InChI is InChI=1S/C10H13ClN2O/c1-2-5-13(6-7-14)10-4-3-9(11)8-12-10/h2-4,8,14H,1,5-7H2. The van der Waals surface area contributed by atoms with E-state index in [0.717, 1.165) is 5.82 Å². The number of pyridine rings is 1. The van der Waals surface area contributed by atoms with Crippen LogP contribution in [-0.2, 0) is 0 Å². The summed E-state index contributed by atoms with van der Waals surface area (Å²) in [7, 11) is 0.